The monoisotopic (exact) mass is 412 g/mol. The van der Waals surface area contributed by atoms with E-state index < -0.39 is 16.7 Å². The van der Waals surface area contributed by atoms with E-state index in [1.165, 1.54) is 0 Å². The number of carbonyl (C=O) groups is 1. The number of carbonyl (C=O) groups excluding carboxylic acids is 1. The van der Waals surface area contributed by atoms with Crippen LogP contribution in [0.25, 0.3) is 0 Å². The van der Waals surface area contributed by atoms with Crippen molar-refractivity contribution in [1.82, 2.24) is 16.1 Å². The van der Waals surface area contributed by atoms with Gasteiger partial charge in [-0.1, -0.05) is 17.6 Å². The summed E-state index contributed by atoms with van der Waals surface area (Å²) in [6, 6.07) is -0.212. The van der Waals surface area contributed by atoms with Gasteiger partial charge in [0.2, 0.25) is 0 Å². The molecule has 0 rings (SSSR count). The lowest BCUT2D eigenvalue weighted by Gasteiger charge is -2.27. The van der Waals surface area contributed by atoms with Gasteiger partial charge in [0.15, 0.2) is 5.03 Å². The molecule has 2 unspecified atom stereocenters. The zero-order valence-electron chi connectivity index (χ0n) is 18.2. The number of hydrogen-bond acceptors (Lipinski definition) is 6. The number of unbranched alkanes of at least 4 members (excludes halogenated alkanes) is 1. The third-order valence-electron chi connectivity index (χ3n) is 3.59. The van der Waals surface area contributed by atoms with E-state index in [-0.39, 0.29) is 18.0 Å². The van der Waals surface area contributed by atoms with Crippen molar-refractivity contribution in [3.63, 3.8) is 0 Å². The molecule has 0 aromatic carbocycles. The smallest absolute Gasteiger partial charge is 0.408 e. The lowest BCUT2D eigenvalue weighted by atomic mass is 10.0. The fraction of sp³-hybridized carbons (Fsp3) is 0.684. The predicted molar refractivity (Wildman–Crippen MR) is 115 cm³/mol. The third kappa shape index (κ3) is 14.9. The van der Waals surface area contributed by atoms with E-state index >= 15 is 0 Å². The highest BCUT2D eigenvalue weighted by Gasteiger charge is 2.21. The minimum absolute atomic E-state index is 0.125. The summed E-state index contributed by atoms with van der Waals surface area (Å²) in [6.45, 7) is 17.7. The summed E-state index contributed by atoms with van der Waals surface area (Å²) < 4.78 is 5.34. The number of amides is 1. The van der Waals surface area contributed by atoms with Gasteiger partial charge in [0.1, 0.15) is 5.60 Å². The Morgan fingerprint density at radius 3 is 2.41 bits per heavy atom. The molecule has 0 aliphatic rings. The Balaban J connectivity index is 4.78. The summed E-state index contributed by atoms with van der Waals surface area (Å²) in [7, 11) is 0. The van der Waals surface area contributed by atoms with Crippen molar-refractivity contribution < 1.29 is 14.6 Å². The average molecular weight is 413 g/mol. The highest BCUT2D eigenvalue weighted by Crippen LogP contribution is 2.13. The van der Waals surface area contributed by atoms with Gasteiger partial charge in [0.25, 0.3) is 5.96 Å². The molecule has 5 N–H and O–H groups in total. The number of alkyl carbamates (subject to hydrolysis) is 1. The number of rotatable bonds is 12. The number of hydrogen-bond donors (Lipinski definition) is 4. The number of aliphatic imine (C=N–C) groups is 1. The first-order valence-corrected chi connectivity index (χ1v) is 9.60. The van der Waals surface area contributed by atoms with Crippen molar-refractivity contribution in [3.8, 4) is 0 Å². The number of nitro groups is 1. The van der Waals surface area contributed by atoms with Gasteiger partial charge >= 0.3 is 6.09 Å². The Morgan fingerprint density at radius 2 is 1.90 bits per heavy atom. The molecule has 0 spiro atoms. The van der Waals surface area contributed by atoms with Gasteiger partial charge in [-0.25, -0.2) is 19.9 Å². The van der Waals surface area contributed by atoms with Crippen LogP contribution in [0.3, 0.4) is 0 Å². The second kappa shape index (κ2) is 12.6. The zero-order chi connectivity index (χ0) is 22.6. The van der Waals surface area contributed by atoms with E-state index in [2.05, 4.69) is 28.8 Å². The molecule has 0 aromatic heterocycles. The first kappa shape index (κ1) is 26.2. The van der Waals surface area contributed by atoms with E-state index in [4.69, 9.17) is 10.5 Å². The molecule has 0 saturated heterocycles. The predicted octanol–water partition coefficient (Wildman–Crippen LogP) is 2.60. The quantitative estimate of drug-likeness (QED) is 0.0963. The normalized spacial score (nSPS) is 13.8. The minimum Gasteiger partial charge on any atom is -0.444 e. The molecule has 0 fully saturated rings. The topological polar surface area (TPSA) is 144 Å². The maximum atomic E-state index is 12.2. The summed E-state index contributed by atoms with van der Waals surface area (Å²) >= 11 is 0. The Hall–Kier alpha value is -2.78. The maximum Gasteiger partial charge on any atom is 0.408 e. The number of nitrogens with zero attached hydrogens (tertiary/aromatic N) is 2. The second-order valence-corrected chi connectivity index (χ2v) is 8.06. The van der Waals surface area contributed by atoms with Crippen molar-refractivity contribution in [2.75, 3.05) is 6.54 Å². The molecule has 166 valence electrons. The summed E-state index contributed by atoms with van der Waals surface area (Å²) in [5.74, 6) is -0.238. The first-order chi connectivity index (χ1) is 13.3. The molecule has 2 atom stereocenters. The van der Waals surface area contributed by atoms with Crippen molar-refractivity contribution in [1.29, 1.82) is 0 Å². The molecular formula is C19H36N6O4. The number of nitrogens with one attached hydrogen (secondary N) is 3. The van der Waals surface area contributed by atoms with Crippen molar-refractivity contribution in [2.45, 2.75) is 78.0 Å². The number of hydrazine groups is 1. The molecule has 0 saturated carbocycles. The van der Waals surface area contributed by atoms with Gasteiger partial charge in [-0.3, -0.25) is 0 Å². The summed E-state index contributed by atoms with van der Waals surface area (Å²) in [6.07, 6.45) is 2.21. The Labute approximate surface area is 173 Å². The molecule has 0 aliphatic carbocycles. The Bertz CT molecular complexity index is 612. The minimum atomic E-state index is -0.762. The van der Waals surface area contributed by atoms with Crippen molar-refractivity contribution in [2.24, 2.45) is 10.7 Å². The highest BCUT2D eigenvalue weighted by molar-refractivity contribution is 5.76. The van der Waals surface area contributed by atoms with Crippen LogP contribution < -0.4 is 21.8 Å². The number of guanidine groups is 1. The molecule has 0 bridgehead atoms. The Morgan fingerprint density at radius 1 is 1.28 bits per heavy atom. The van der Waals surface area contributed by atoms with Crippen molar-refractivity contribution >= 4 is 12.1 Å². The van der Waals surface area contributed by atoms with E-state index in [9.17, 15) is 14.9 Å². The maximum absolute atomic E-state index is 12.2. The van der Waals surface area contributed by atoms with Crippen LogP contribution in [0.1, 0.15) is 60.3 Å². The molecule has 0 heterocycles. The summed E-state index contributed by atoms with van der Waals surface area (Å²) in [5.41, 5.74) is 8.30. The molecule has 0 aromatic rings. The fourth-order valence-electron chi connectivity index (χ4n) is 2.56. The largest absolute Gasteiger partial charge is 0.444 e. The van der Waals surface area contributed by atoms with E-state index in [1.54, 1.807) is 26.2 Å². The second-order valence-electron chi connectivity index (χ2n) is 8.06. The van der Waals surface area contributed by atoms with Gasteiger partial charge in [-0.2, -0.15) is 0 Å². The van der Waals surface area contributed by atoms with Gasteiger partial charge in [0, 0.05) is 18.3 Å². The van der Waals surface area contributed by atoms with Crippen LogP contribution in [0.5, 0.6) is 0 Å². The van der Waals surface area contributed by atoms with Crippen molar-refractivity contribution in [3.05, 3.63) is 34.5 Å². The lowest BCUT2D eigenvalue weighted by molar-refractivity contribution is -0.525. The van der Waals surface area contributed by atoms with E-state index in [0.717, 1.165) is 12.0 Å². The van der Waals surface area contributed by atoms with Gasteiger partial charge in [-0.15, -0.1) is 6.58 Å². The number of ether oxygens (including phenoxy) is 1. The molecule has 1 amide bonds. The van der Waals surface area contributed by atoms with Crippen LogP contribution in [0, 0.1) is 10.1 Å². The first-order valence-electron chi connectivity index (χ1n) is 9.60. The van der Waals surface area contributed by atoms with Crippen LogP contribution in [0.2, 0.25) is 0 Å². The van der Waals surface area contributed by atoms with Gasteiger partial charge in [-0.05, 0) is 60.3 Å². The van der Waals surface area contributed by atoms with Gasteiger partial charge < -0.3 is 21.1 Å². The average Bonchev–Trinajstić information content (AvgIpc) is 2.49. The third-order valence-corrected chi connectivity index (χ3v) is 3.59. The van der Waals surface area contributed by atoms with E-state index in [0.29, 0.717) is 31.5 Å². The highest BCUT2D eigenvalue weighted by atomic mass is 16.7. The summed E-state index contributed by atoms with van der Waals surface area (Å²) in [4.78, 5) is 26.3. The zero-order valence-corrected chi connectivity index (χ0v) is 18.2. The summed E-state index contributed by atoms with van der Waals surface area (Å²) in [5, 5.41) is 15.7. The van der Waals surface area contributed by atoms with Crippen LogP contribution in [-0.2, 0) is 4.74 Å². The van der Waals surface area contributed by atoms with E-state index in [1.807, 2.05) is 13.8 Å². The van der Waals surface area contributed by atoms with Crippen LogP contribution >= 0.6 is 0 Å². The van der Waals surface area contributed by atoms with Crippen LogP contribution in [0.4, 0.5) is 4.79 Å². The standard InChI is InChI=1S/C19H36N6O4/c1-13(2)12-14(3)22-15(4)16(23-18(26)29-19(5,6)7)10-8-9-11-21-17(20)24-25(27)28/h14,16,22H,1,4,8-12H2,2-3,5-7H3,(H,23,26)(H3,20,21,24). The van der Waals surface area contributed by atoms with Gasteiger partial charge in [0.05, 0.1) is 6.04 Å². The Kier molecular flexibility index (Phi) is 11.4. The SMILES string of the molecule is C=C(C)CC(C)NC(=C)C(CCCCN=C(N)N[N+](=O)[O-])NC(=O)OC(C)(C)C. The molecule has 10 heteroatoms. The lowest BCUT2D eigenvalue weighted by Crippen LogP contribution is -2.44. The molecule has 0 radical (unpaired) electrons. The van der Waals surface area contributed by atoms with Crippen LogP contribution in [-0.4, -0.2) is 41.3 Å². The number of nitrogens with two attached hydrogens (primary N) is 1. The molecule has 0 aliphatic heterocycles. The molecule has 10 nitrogen and oxygen atoms in total. The van der Waals surface area contributed by atoms with Crippen LogP contribution in [0.15, 0.2) is 29.4 Å². The molecular weight excluding hydrogens is 376 g/mol. The fourth-order valence-corrected chi connectivity index (χ4v) is 2.56. The molecule has 29 heavy (non-hydrogen) atoms.